The van der Waals surface area contributed by atoms with Crippen LogP contribution in [0.5, 0.6) is 0 Å². The van der Waals surface area contributed by atoms with Gasteiger partial charge in [0.1, 0.15) is 0 Å². The lowest BCUT2D eigenvalue weighted by molar-refractivity contribution is -0.910. The van der Waals surface area contributed by atoms with Crippen molar-refractivity contribution in [3.05, 3.63) is 0 Å². The van der Waals surface area contributed by atoms with Gasteiger partial charge in [-0.25, -0.2) is 0 Å². The molecule has 0 aromatic carbocycles. The molecule has 0 aliphatic heterocycles. The normalized spacial score (nSPS) is 11.4. The lowest BCUT2D eigenvalue weighted by Gasteiger charge is -2.35. The molecule has 0 amide bonds. The van der Waals surface area contributed by atoms with E-state index in [-0.39, 0.29) is 24.3 Å². The zero-order chi connectivity index (χ0) is 35.2. The summed E-state index contributed by atoms with van der Waals surface area (Å²) >= 11 is 0. The van der Waals surface area contributed by atoms with Gasteiger partial charge in [-0.05, 0) is 51.4 Å². The van der Waals surface area contributed by atoms with Crippen LogP contribution in [-0.4, -0.2) is 57.3 Å². The van der Waals surface area contributed by atoms with Crippen molar-refractivity contribution in [3.63, 3.8) is 0 Å². The third-order valence-corrected chi connectivity index (χ3v) is 10.7. The second kappa shape index (κ2) is 40.0. The van der Waals surface area contributed by atoms with Crippen molar-refractivity contribution >= 4 is 11.9 Å². The third-order valence-electron chi connectivity index (χ3n) is 10.7. The first-order valence-corrected chi connectivity index (χ1v) is 21.4. The minimum absolute atomic E-state index is 0. The molecule has 0 aliphatic rings. The van der Waals surface area contributed by atoms with Crippen LogP contribution in [0.1, 0.15) is 225 Å². The van der Waals surface area contributed by atoms with Gasteiger partial charge in [-0.2, -0.15) is 0 Å². The molecule has 0 rings (SSSR count). The number of unbranched alkanes of at least 4 members (excludes halogenated alkanes) is 29. The van der Waals surface area contributed by atoms with Crippen LogP contribution >= 0.6 is 0 Å². The Morgan fingerprint density at radius 3 is 0.796 bits per heavy atom. The first-order valence-electron chi connectivity index (χ1n) is 21.4. The summed E-state index contributed by atoms with van der Waals surface area (Å²) in [5, 5.41) is 0. The summed E-state index contributed by atoms with van der Waals surface area (Å²) in [7, 11) is 5.51. The van der Waals surface area contributed by atoms with Gasteiger partial charge in [0.2, 0.25) is 0 Å². The van der Waals surface area contributed by atoms with Crippen LogP contribution in [-0.2, 0) is 19.1 Å². The Bertz CT molecular complexity index is 653. The lowest BCUT2D eigenvalue weighted by atomic mass is 10.0. The van der Waals surface area contributed by atoms with Gasteiger partial charge < -0.3 is 26.4 Å². The Kier molecular flexibility index (Phi) is 41.0. The first-order chi connectivity index (χ1) is 23.5. The summed E-state index contributed by atoms with van der Waals surface area (Å²) in [6, 6.07) is 0. The Morgan fingerprint density at radius 1 is 0.367 bits per heavy atom. The Morgan fingerprint density at radius 2 is 0.571 bits per heavy atom. The van der Waals surface area contributed by atoms with Gasteiger partial charge in [0, 0.05) is 12.8 Å². The highest BCUT2D eigenvalue weighted by atomic mass is 35.5. The summed E-state index contributed by atoms with van der Waals surface area (Å²) in [5.41, 5.74) is 0. The van der Waals surface area contributed by atoms with Gasteiger partial charge in [0.25, 0.3) is 0 Å². The van der Waals surface area contributed by atoms with Crippen molar-refractivity contribution in [2.24, 2.45) is 0 Å². The maximum atomic E-state index is 11.3. The van der Waals surface area contributed by atoms with E-state index in [0.717, 1.165) is 25.7 Å². The zero-order valence-corrected chi connectivity index (χ0v) is 34.4. The molecule has 49 heavy (non-hydrogen) atoms. The van der Waals surface area contributed by atoms with E-state index in [1.54, 1.807) is 0 Å². The molecule has 0 fully saturated rings. The highest BCUT2D eigenvalue weighted by molar-refractivity contribution is 5.69. The molecule has 0 saturated carbocycles. The topological polar surface area (TPSA) is 52.6 Å². The molecule has 0 heterocycles. The van der Waals surface area contributed by atoms with Gasteiger partial charge in [-0.3, -0.25) is 9.59 Å². The number of nitrogens with zero attached hydrogens (tertiary/aromatic N) is 1. The molecule has 294 valence electrons. The van der Waals surface area contributed by atoms with Crippen LogP contribution < -0.4 is 12.4 Å². The molecule has 0 unspecified atom stereocenters. The maximum absolute atomic E-state index is 11.3. The van der Waals surface area contributed by atoms with E-state index in [1.165, 1.54) is 218 Å². The molecule has 6 heteroatoms. The molecule has 0 aromatic heterocycles. The number of methoxy groups -OCH3 is 2. The number of rotatable bonds is 39. The number of carbonyl (C=O) groups excluding carboxylic acids is 2. The number of halogens is 1. The molecular weight excluding hydrogens is 630 g/mol. The summed E-state index contributed by atoms with van der Waals surface area (Å²) < 4.78 is 10.8. The largest absolute Gasteiger partial charge is 1.00 e. The summed E-state index contributed by atoms with van der Waals surface area (Å²) in [5.74, 6) is -0.139. The van der Waals surface area contributed by atoms with Crippen LogP contribution in [0.4, 0.5) is 0 Å². The molecule has 5 nitrogen and oxygen atoms in total. The zero-order valence-electron chi connectivity index (χ0n) is 33.6. The Balaban J connectivity index is 0. The van der Waals surface area contributed by atoms with E-state index in [1.807, 2.05) is 0 Å². The predicted octanol–water partition coefficient (Wildman–Crippen LogP) is 10.1. The fraction of sp³-hybridized carbons (Fsp3) is 0.953. The van der Waals surface area contributed by atoms with E-state index < -0.39 is 0 Å². The molecule has 0 N–H and O–H groups in total. The van der Waals surface area contributed by atoms with Gasteiger partial charge in [-0.15, -0.1) is 0 Å². The standard InChI is InChI=1S/C43H86NO4.ClH/c1-5-6-7-8-9-10-11-12-13-14-15-16-19-24-29-34-39-44(2,40-35-30-25-20-17-22-27-32-37-42(45)47-3)41-36-31-26-21-18-23-28-33-38-43(46)48-4;/h5-41H2,1-4H3;1H/q+1;/p-1. The van der Waals surface area contributed by atoms with Gasteiger partial charge >= 0.3 is 11.9 Å². The van der Waals surface area contributed by atoms with Crippen LogP contribution in [0.2, 0.25) is 0 Å². The first kappa shape index (κ1) is 50.3. The van der Waals surface area contributed by atoms with E-state index in [2.05, 4.69) is 14.0 Å². The van der Waals surface area contributed by atoms with E-state index in [9.17, 15) is 9.59 Å². The minimum atomic E-state index is -0.0696. The number of ether oxygens (including phenoxy) is 2. The fourth-order valence-corrected chi connectivity index (χ4v) is 7.23. The van der Waals surface area contributed by atoms with Gasteiger partial charge in [-0.1, -0.05) is 161 Å². The average molecular weight is 717 g/mol. The third kappa shape index (κ3) is 38.3. The fourth-order valence-electron chi connectivity index (χ4n) is 7.23. The van der Waals surface area contributed by atoms with Gasteiger partial charge in [0.05, 0.1) is 40.9 Å². The van der Waals surface area contributed by atoms with Crippen molar-refractivity contribution < 1.29 is 36.0 Å². The second-order valence-corrected chi connectivity index (χ2v) is 15.4. The Hall–Kier alpha value is -0.810. The lowest BCUT2D eigenvalue weighted by Crippen LogP contribution is -3.00. The molecule has 0 radical (unpaired) electrons. The number of hydrogen-bond acceptors (Lipinski definition) is 4. The number of quaternary nitrogens is 1. The molecular formula is C43H86ClNO4. The van der Waals surface area contributed by atoms with E-state index in [0.29, 0.717) is 12.8 Å². The maximum Gasteiger partial charge on any atom is 0.305 e. The molecule has 0 spiro atoms. The average Bonchev–Trinajstić information content (AvgIpc) is 3.09. The van der Waals surface area contributed by atoms with Crippen molar-refractivity contribution in [2.45, 2.75) is 225 Å². The summed E-state index contributed by atoms with van der Waals surface area (Å²) in [4.78, 5) is 22.5. The number of carbonyl (C=O) groups is 2. The van der Waals surface area contributed by atoms with Crippen LogP contribution in [0.3, 0.4) is 0 Å². The summed E-state index contributed by atoms with van der Waals surface area (Å²) in [6.07, 6.45) is 44.3. The van der Waals surface area contributed by atoms with E-state index >= 15 is 0 Å². The second-order valence-electron chi connectivity index (χ2n) is 15.4. The highest BCUT2D eigenvalue weighted by Crippen LogP contribution is 2.18. The molecule has 0 saturated heterocycles. The summed E-state index contributed by atoms with van der Waals surface area (Å²) in [6.45, 7) is 6.35. The van der Waals surface area contributed by atoms with Crippen LogP contribution in [0, 0.1) is 0 Å². The van der Waals surface area contributed by atoms with E-state index in [4.69, 9.17) is 9.47 Å². The van der Waals surface area contributed by atoms with Gasteiger partial charge in [0.15, 0.2) is 0 Å². The molecule has 0 atom stereocenters. The number of esters is 2. The SMILES string of the molecule is CCCCCCCCCCCCCCCCCC[N+](C)(CCCCCCCCCCC(=O)OC)CCCCCCCCCCC(=O)OC.[Cl-]. The van der Waals surface area contributed by atoms with Crippen molar-refractivity contribution in [1.82, 2.24) is 0 Å². The predicted molar refractivity (Wildman–Crippen MR) is 207 cm³/mol. The minimum Gasteiger partial charge on any atom is -1.00 e. The monoisotopic (exact) mass is 716 g/mol. The smallest absolute Gasteiger partial charge is 0.305 e. The van der Waals surface area contributed by atoms with Crippen molar-refractivity contribution in [3.8, 4) is 0 Å². The van der Waals surface area contributed by atoms with Crippen molar-refractivity contribution in [1.29, 1.82) is 0 Å². The molecule has 0 aliphatic carbocycles. The molecule has 0 bridgehead atoms. The highest BCUT2D eigenvalue weighted by Gasteiger charge is 2.20. The number of hydrogen-bond donors (Lipinski definition) is 0. The quantitative estimate of drug-likeness (QED) is 0.0361. The Labute approximate surface area is 313 Å². The molecule has 0 aromatic rings. The van der Waals surface area contributed by atoms with Crippen molar-refractivity contribution in [2.75, 3.05) is 40.9 Å². The van der Waals surface area contributed by atoms with Crippen LogP contribution in [0.15, 0.2) is 0 Å². The van der Waals surface area contributed by atoms with Crippen LogP contribution in [0.25, 0.3) is 0 Å².